The molecule has 12 heteroatoms. The molecular formula is C26H21ClFN5O5. The van der Waals surface area contributed by atoms with Gasteiger partial charge in [0.15, 0.2) is 5.82 Å². The molecule has 4 aromatic rings. The van der Waals surface area contributed by atoms with Crippen LogP contribution in [-0.2, 0) is 17.9 Å². The average Bonchev–Trinajstić information content (AvgIpc) is 3.68. The van der Waals surface area contributed by atoms with Gasteiger partial charge in [-0.1, -0.05) is 23.7 Å². The van der Waals surface area contributed by atoms with Gasteiger partial charge in [0.2, 0.25) is 5.62 Å². The van der Waals surface area contributed by atoms with Crippen LogP contribution >= 0.6 is 11.6 Å². The SMILES string of the molecule is O=C(O)[C@H]1C[C@@H]1Cn1c(=O)[nH]/c(=N\c2ccc(Oc3ncccc3F)cc2)n(Cc2ccc(Cl)cc2)c1=O. The summed E-state index contributed by atoms with van der Waals surface area (Å²) in [6.07, 6.45) is 1.81. The molecule has 2 atom stereocenters. The first kappa shape index (κ1) is 25.2. The lowest BCUT2D eigenvalue weighted by atomic mass is 10.2. The Labute approximate surface area is 219 Å². The molecule has 0 aliphatic heterocycles. The van der Waals surface area contributed by atoms with E-state index in [1.807, 2.05) is 0 Å². The first-order valence-electron chi connectivity index (χ1n) is 11.6. The number of rotatable bonds is 8. The summed E-state index contributed by atoms with van der Waals surface area (Å²) >= 11 is 5.98. The number of carboxylic acid groups (broad SMARTS) is 1. The van der Waals surface area contributed by atoms with Crippen molar-refractivity contribution in [2.75, 3.05) is 0 Å². The second-order valence-electron chi connectivity index (χ2n) is 8.80. The minimum atomic E-state index is -0.946. The number of aromatic amines is 1. The highest BCUT2D eigenvalue weighted by Gasteiger charge is 2.43. The summed E-state index contributed by atoms with van der Waals surface area (Å²) in [4.78, 5) is 48.4. The summed E-state index contributed by atoms with van der Waals surface area (Å²) in [5.41, 5.74) is -0.180. The molecule has 0 amide bonds. The fraction of sp³-hybridized carbons (Fsp3) is 0.192. The molecule has 2 aromatic heterocycles. The molecule has 2 N–H and O–H groups in total. The van der Waals surface area contributed by atoms with Gasteiger partial charge in [0.25, 0.3) is 5.88 Å². The lowest BCUT2D eigenvalue weighted by Gasteiger charge is -2.11. The van der Waals surface area contributed by atoms with Crippen molar-refractivity contribution in [3.05, 3.63) is 110 Å². The van der Waals surface area contributed by atoms with E-state index in [1.54, 1.807) is 48.5 Å². The highest BCUT2D eigenvalue weighted by molar-refractivity contribution is 6.30. The largest absolute Gasteiger partial charge is 0.481 e. The van der Waals surface area contributed by atoms with Crippen molar-refractivity contribution < 1.29 is 19.0 Å². The van der Waals surface area contributed by atoms with Gasteiger partial charge < -0.3 is 9.84 Å². The Kier molecular flexibility index (Phi) is 6.93. The van der Waals surface area contributed by atoms with Crippen LogP contribution in [0.5, 0.6) is 11.6 Å². The van der Waals surface area contributed by atoms with Crippen LogP contribution in [-0.4, -0.2) is 30.2 Å². The van der Waals surface area contributed by atoms with Crippen LogP contribution in [0.15, 0.2) is 81.4 Å². The minimum absolute atomic E-state index is 0.00113. The minimum Gasteiger partial charge on any atom is -0.481 e. The maximum Gasteiger partial charge on any atom is 0.335 e. The van der Waals surface area contributed by atoms with Crippen molar-refractivity contribution in [3.63, 3.8) is 0 Å². The Morgan fingerprint density at radius 3 is 2.53 bits per heavy atom. The number of carbonyl (C=O) groups is 1. The van der Waals surface area contributed by atoms with E-state index in [1.165, 1.54) is 22.9 Å². The van der Waals surface area contributed by atoms with Crippen LogP contribution in [0.1, 0.15) is 12.0 Å². The first-order chi connectivity index (χ1) is 18.3. The lowest BCUT2D eigenvalue weighted by molar-refractivity contribution is -0.138. The molecule has 0 bridgehead atoms. The number of benzene rings is 2. The highest BCUT2D eigenvalue weighted by Crippen LogP contribution is 2.39. The molecule has 0 saturated heterocycles. The summed E-state index contributed by atoms with van der Waals surface area (Å²) in [6.45, 7) is 0.0704. The number of aromatic nitrogens is 4. The fourth-order valence-electron chi connectivity index (χ4n) is 3.97. The number of ether oxygens (including phenoxy) is 1. The Bertz CT molecular complexity index is 1680. The normalized spacial score (nSPS) is 16.8. The first-order valence-corrected chi connectivity index (χ1v) is 12.0. The van der Waals surface area contributed by atoms with Crippen molar-refractivity contribution >= 4 is 23.3 Å². The van der Waals surface area contributed by atoms with E-state index >= 15 is 0 Å². The zero-order chi connectivity index (χ0) is 26.8. The Balaban J connectivity index is 1.50. The Hall–Kier alpha value is -4.51. The van der Waals surface area contributed by atoms with E-state index in [0.717, 1.165) is 10.1 Å². The smallest absolute Gasteiger partial charge is 0.335 e. The summed E-state index contributed by atoms with van der Waals surface area (Å²) in [6, 6.07) is 15.8. The summed E-state index contributed by atoms with van der Waals surface area (Å²) in [7, 11) is 0. The molecule has 0 radical (unpaired) electrons. The molecule has 1 fully saturated rings. The number of pyridine rings is 1. The molecule has 194 valence electrons. The fourth-order valence-corrected chi connectivity index (χ4v) is 4.10. The molecule has 0 unspecified atom stereocenters. The molecule has 2 aromatic carbocycles. The molecule has 1 saturated carbocycles. The van der Waals surface area contributed by atoms with Crippen molar-refractivity contribution in [2.45, 2.75) is 19.5 Å². The number of nitrogens with zero attached hydrogens (tertiary/aromatic N) is 4. The average molecular weight is 538 g/mol. The van der Waals surface area contributed by atoms with Crippen LogP contribution in [0.4, 0.5) is 10.1 Å². The second kappa shape index (κ2) is 10.5. The molecular weight excluding hydrogens is 517 g/mol. The molecule has 1 aliphatic rings. The third-order valence-electron chi connectivity index (χ3n) is 6.10. The maximum absolute atomic E-state index is 13.8. The number of H-pyrrole nitrogens is 1. The van der Waals surface area contributed by atoms with E-state index < -0.39 is 29.1 Å². The maximum atomic E-state index is 13.8. The predicted octanol–water partition coefficient (Wildman–Crippen LogP) is 3.32. The topological polar surface area (TPSA) is 132 Å². The van der Waals surface area contributed by atoms with Gasteiger partial charge in [-0.15, -0.1) is 0 Å². The molecule has 1 aliphatic carbocycles. The van der Waals surface area contributed by atoms with Crippen LogP contribution in [0.2, 0.25) is 5.02 Å². The molecule has 2 heterocycles. The van der Waals surface area contributed by atoms with E-state index in [-0.39, 0.29) is 30.5 Å². The van der Waals surface area contributed by atoms with Crippen LogP contribution in [0.3, 0.4) is 0 Å². The van der Waals surface area contributed by atoms with Crippen molar-refractivity contribution in [3.8, 4) is 11.6 Å². The van der Waals surface area contributed by atoms with Crippen molar-refractivity contribution in [1.29, 1.82) is 0 Å². The number of carboxylic acids is 1. The third-order valence-corrected chi connectivity index (χ3v) is 6.36. The van der Waals surface area contributed by atoms with E-state index in [0.29, 0.717) is 22.9 Å². The van der Waals surface area contributed by atoms with E-state index in [9.17, 15) is 23.9 Å². The van der Waals surface area contributed by atoms with Gasteiger partial charge in [-0.25, -0.2) is 28.5 Å². The zero-order valence-electron chi connectivity index (χ0n) is 19.8. The van der Waals surface area contributed by atoms with Gasteiger partial charge in [-0.2, -0.15) is 0 Å². The lowest BCUT2D eigenvalue weighted by Crippen LogP contribution is -2.50. The van der Waals surface area contributed by atoms with Gasteiger partial charge in [-0.05, 0) is 66.4 Å². The standard InChI is InChI=1S/C26H21ClFN5O5/c27-17-5-3-15(4-6-17)13-32-24(31-25(36)33(26(32)37)14-16-12-20(16)23(34)35)30-18-7-9-19(10-8-18)38-22-21(28)2-1-11-29-22/h1-11,16,20H,12-14H2,(H,34,35)(H,30,31,36)/t16-,20+/m1/s1. The molecule has 5 rings (SSSR count). The molecule has 0 spiro atoms. The van der Waals surface area contributed by atoms with Gasteiger partial charge in [0.05, 0.1) is 18.2 Å². The zero-order valence-corrected chi connectivity index (χ0v) is 20.5. The van der Waals surface area contributed by atoms with E-state index in [2.05, 4.69) is 15.0 Å². The predicted molar refractivity (Wildman–Crippen MR) is 135 cm³/mol. The number of nitrogens with one attached hydrogen (secondary N) is 1. The molecule has 10 nitrogen and oxygen atoms in total. The number of hydrogen-bond donors (Lipinski definition) is 2. The van der Waals surface area contributed by atoms with Gasteiger partial charge in [0, 0.05) is 17.8 Å². The number of aliphatic carboxylic acids is 1. The summed E-state index contributed by atoms with van der Waals surface area (Å²) in [5, 5.41) is 9.73. The van der Waals surface area contributed by atoms with E-state index in [4.69, 9.17) is 16.3 Å². The number of halogens is 2. The molecule has 38 heavy (non-hydrogen) atoms. The second-order valence-corrected chi connectivity index (χ2v) is 9.23. The quantitative estimate of drug-likeness (QED) is 0.354. The van der Waals surface area contributed by atoms with Crippen molar-refractivity contribution in [2.24, 2.45) is 16.8 Å². The van der Waals surface area contributed by atoms with Gasteiger partial charge >= 0.3 is 17.3 Å². The third kappa shape index (κ3) is 5.57. The highest BCUT2D eigenvalue weighted by atomic mass is 35.5. The Morgan fingerprint density at radius 2 is 1.87 bits per heavy atom. The Morgan fingerprint density at radius 1 is 1.13 bits per heavy atom. The van der Waals surface area contributed by atoms with Crippen LogP contribution < -0.4 is 21.7 Å². The number of hydrogen-bond acceptors (Lipinski definition) is 6. The van der Waals surface area contributed by atoms with Crippen molar-refractivity contribution in [1.82, 2.24) is 19.1 Å². The summed E-state index contributed by atoms with van der Waals surface area (Å²) < 4.78 is 21.6. The van der Waals surface area contributed by atoms with Crippen LogP contribution in [0, 0.1) is 17.7 Å². The van der Waals surface area contributed by atoms with Gasteiger partial charge in [0.1, 0.15) is 5.75 Å². The monoisotopic (exact) mass is 537 g/mol. The van der Waals surface area contributed by atoms with Crippen LogP contribution in [0.25, 0.3) is 0 Å². The van der Waals surface area contributed by atoms with Gasteiger partial charge in [-0.3, -0.25) is 14.3 Å². The summed E-state index contributed by atoms with van der Waals surface area (Å²) in [5.74, 6) is -2.28.